The lowest BCUT2D eigenvalue weighted by molar-refractivity contribution is -0.143. The molecule has 45 heavy (non-hydrogen) atoms. The Kier molecular flexibility index (Phi) is 10.4. The average molecular weight is 618 g/mol. The minimum Gasteiger partial charge on any atom is -0.493 e. The minimum atomic E-state index is -0.919. The van der Waals surface area contributed by atoms with Crippen molar-refractivity contribution in [3.8, 4) is 5.75 Å². The fraction of sp³-hybridized carbons (Fsp3) is 0.472. The molecular formula is C36H44FN3O5. The standard InChI is InChI=1S/C36H44FN3O5/c1-4-8-27(9-5-2)40(28-12-13-30(37)24(3)20-28)34(42)23-39-22-29(25-11-14-32-26(21-25)16-19-45-32)35(36(43)44)31(39)15-18-38-17-7-6-10-33(38)41/h6-7,10-14,17,20-21,27,29,31,35H,4-5,8-9,15-16,18-19,22-23H2,1-3H3,(H,43,44)/t29-,31+,35-/m1/s1. The van der Waals surface area contributed by atoms with Crippen molar-refractivity contribution in [3.63, 3.8) is 0 Å². The fourth-order valence-electron chi connectivity index (χ4n) is 7.20. The zero-order valence-electron chi connectivity index (χ0n) is 26.5. The summed E-state index contributed by atoms with van der Waals surface area (Å²) in [5.74, 6) is -1.67. The number of carbonyl (C=O) groups excluding carboxylic acids is 1. The molecular weight excluding hydrogens is 573 g/mol. The number of aryl methyl sites for hydroxylation is 2. The molecule has 1 aromatic heterocycles. The molecule has 9 heteroatoms. The number of halogens is 1. The van der Waals surface area contributed by atoms with Gasteiger partial charge in [-0.3, -0.25) is 19.3 Å². The molecule has 0 bridgehead atoms. The Hall–Kier alpha value is -3.98. The number of benzene rings is 2. The Labute approximate surface area is 264 Å². The van der Waals surface area contributed by atoms with Crippen LogP contribution < -0.4 is 15.2 Å². The van der Waals surface area contributed by atoms with Gasteiger partial charge in [0.05, 0.1) is 19.1 Å². The lowest BCUT2D eigenvalue weighted by atomic mass is 9.83. The van der Waals surface area contributed by atoms with E-state index in [0.717, 1.165) is 49.0 Å². The van der Waals surface area contributed by atoms with Crippen LogP contribution >= 0.6 is 0 Å². The van der Waals surface area contributed by atoms with Gasteiger partial charge >= 0.3 is 5.97 Å². The number of nitrogens with zero attached hydrogens (tertiary/aromatic N) is 3. The van der Waals surface area contributed by atoms with Crippen LogP contribution in [-0.2, 0) is 22.6 Å². The molecule has 2 aliphatic rings. The van der Waals surface area contributed by atoms with Gasteiger partial charge in [0, 0.05) is 55.5 Å². The van der Waals surface area contributed by atoms with Crippen molar-refractivity contribution >= 4 is 17.6 Å². The molecule has 240 valence electrons. The van der Waals surface area contributed by atoms with Crippen LogP contribution in [0.25, 0.3) is 0 Å². The highest BCUT2D eigenvalue weighted by Crippen LogP contribution is 2.41. The second-order valence-electron chi connectivity index (χ2n) is 12.4. The van der Waals surface area contributed by atoms with Crippen LogP contribution in [-0.4, -0.2) is 58.2 Å². The first-order chi connectivity index (χ1) is 21.7. The van der Waals surface area contributed by atoms with E-state index in [1.807, 2.05) is 21.9 Å². The first kappa shape index (κ1) is 32.4. The van der Waals surface area contributed by atoms with E-state index in [2.05, 4.69) is 19.9 Å². The van der Waals surface area contributed by atoms with Gasteiger partial charge in [-0.25, -0.2) is 4.39 Å². The zero-order valence-corrected chi connectivity index (χ0v) is 26.5. The predicted molar refractivity (Wildman–Crippen MR) is 172 cm³/mol. The van der Waals surface area contributed by atoms with Crippen LogP contribution in [0.4, 0.5) is 10.1 Å². The molecule has 5 rings (SSSR count). The molecule has 0 saturated carbocycles. The summed E-state index contributed by atoms with van der Waals surface area (Å²) in [5, 5.41) is 10.6. The number of carbonyl (C=O) groups is 2. The third-order valence-corrected chi connectivity index (χ3v) is 9.38. The quantitative estimate of drug-likeness (QED) is 0.261. The highest BCUT2D eigenvalue weighted by Gasteiger charge is 2.47. The van der Waals surface area contributed by atoms with Gasteiger partial charge in [-0.05, 0) is 73.2 Å². The molecule has 2 aliphatic heterocycles. The van der Waals surface area contributed by atoms with Crippen LogP contribution in [0.1, 0.15) is 68.6 Å². The van der Waals surface area contributed by atoms with E-state index in [4.69, 9.17) is 4.74 Å². The van der Waals surface area contributed by atoms with E-state index in [1.165, 1.54) is 12.1 Å². The normalized spacial score (nSPS) is 19.4. The summed E-state index contributed by atoms with van der Waals surface area (Å²) in [6, 6.07) is 15.1. The molecule has 1 saturated heterocycles. The van der Waals surface area contributed by atoms with Gasteiger partial charge in [0.25, 0.3) is 0 Å². The number of rotatable bonds is 13. The Bertz CT molecular complexity index is 1570. The van der Waals surface area contributed by atoms with Gasteiger partial charge in [-0.15, -0.1) is 0 Å². The predicted octanol–water partition coefficient (Wildman–Crippen LogP) is 5.79. The second-order valence-corrected chi connectivity index (χ2v) is 12.4. The molecule has 3 atom stereocenters. The van der Waals surface area contributed by atoms with Crippen LogP contribution in [0, 0.1) is 18.7 Å². The van der Waals surface area contributed by atoms with Crippen LogP contribution in [0.15, 0.2) is 65.6 Å². The monoisotopic (exact) mass is 617 g/mol. The number of anilines is 1. The van der Waals surface area contributed by atoms with E-state index in [0.29, 0.717) is 37.4 Å². The fourth-order valence-corrected chi connectivity index (χ4v) is 7.20. The lowest BCUT2D eigenvalue weighted by Gasteiger charge is -2.35. The third-order valence-electron chi connectivity index (χ3n) is 9.38. The number of aromatic nitrogens is 1. The van der Waals surface area contributed by atoms with Gasteiger partial charge in [0.2, 0.25) is 11.5 Å². The molecule has 0 unspecified atom stereocenters. The van der Waals surface area contributed by atoms with E-state index in [1.54, 1.807) is 42.0 Å². The van der Waals surface area contributed by atoms with Crippen molar-refractivity contribution in [1.29, 1.82) is 0 Å². The maximum Gasteiger partial charge on any atom is 0.308 e. The van der Waals surface area contributed by atoms with E-state index >= 15 is 0 Å². The summed E-state index contributed by atoms with van der Waals surface area (Å²) >= 11 is 0. The van der Waals surface area contributed by atoms with Crippen molar-refractivity contribution in [2.24, 2.45) is 5.92 Å². The number of hydrogen-bond acceptors (Lipinski definition) is 5. The smallest absolute Gasteiger partial charge is 0.308 e. The van der Waals surface area contributed by atoms with Crippen molar-refractivity contribution < 1.29 is 23.8 Å². The second kappa shape index (κ2) is 14.4. The van der Waals surface area contributed by atoms with E-state index in [9.17, 15) is 23.9 Å². The topological polar surface area (TPSA) is 92.1 Å². The van der Waals surface area contributed by atoms with Gasteiger partial charge in [0.1, 0.15) is 11.6 Å². The molecule has 0 radical (unpaired) electrons. The van der Waals surface area contributed by atoms with E-state index in [-0.39, 0.29) is 35.8 Å². The van der Waals surface area contributed by atoms with Crippen LogP contribution in [0.3, 0.4) is 0 Å². The number of aliphatic carboxylic acids is 1. The maximum atomic E-state index is 14.4. The summed E-state index contributed by atoms with van der Waals surface area (Å²) in [6.45, 7) is 7.22. The largest absolute Gasteiger partial charge is 0.493 e. The minimum absolute atomic E-state index is 0.0169. The Morgan fingerprint density at radius 1 is 1.09 bits per heavy atom. The first-order valence-corrected chi connectivity index (χ1v) is 16.2. The van der Waals surface area contributed by atoms with E-state index < -0.39 is 17.9 Å². The Balaban J connectivity index is 1.50. The molecule has 3 heterocycles. The zero-order chi connectivity index (χ0) is 32.1. The third kappa shape index (κ3) is 7.14. The molecule has 3 aromatic rings. The number of likely N-dealkylation sites (tertiary alicyclic amines) is 1. The number of amides is 1. The van der Waals surface area contributed by atoms with Crippen molar-refractivity contribution in [2.75, 3.05) is 24.6 Å². The van der Waals surface area contributed by atoms with Crippen molar-refractivity contribution in [3.05, 3.63) is 93.7 Å². The van der Waals surface area contributed by atoms with Gasteiger partial charge < -0.3 is 19.3 Å². The van der Waals surface area contributed by atoms with Crippen LogP contribution in [0.5, 0.6) is 5.75 Å². The summed E-state index contributed by atoms with van der Waals surface area (Å²) < 4.78 is 21.6. The average Bonchev–Trinajstić information content (AvgIpc) is 3.63. The summed E-state index contributed by atoms with van der Waals surface area (Å²) in [6.07, 6.45) is 6.25. The summed E-state index contributed by atoms with van der Waals surface area (Å²) in [7, 11) is 0. The molecule has 1 N–H and O–H groups in total. The van der Waals surface area contributed by atoms with Gasteiger partial charge in [0.15, 0.2) is 0 Å². The maximum absolute atomic E-state index is 14.4. The number of pyridine rings is 1. The molecule has 2 aromatic carbocycles. The highest BCUT2D eigenvalue weighted by molar-refractivity contribution is 5.95. The van der Waals surface area contributed by atoms with Crippen molar-refractivity contribution in [1.82, 2.24) is 9.47 Å². The number of ether oxygens (including phenoxy) is 1. The van der Waals surface area contributed by atoms with Crippen LogP contribution in [0.2, 0.25) is 0 Å². The Morgan fingerprint density at radius 2 is 1.87 bits per heavy atom. The van der Waals surface area contributed by atoms with Gasteiger partial charge in [-0.2, -0.15) is 0 Å². The SMILES string of the molecule is CCCC(CCC)N(C(=O)CN1C[C@H](c2ccc3c(c2)CCO3)[C@@H](C(=O)O)[C@@H]1CCn1ccccc1=O)c1ccc(F)c(C)c1. The first-order valence-electron chi connectivity index (χ1n) is 16.2. The van der Waals surface area contributed by atoms with Gasteiger partial charge in [-0.1, -0.05) is 44.9 Å². The number of fused-ring (bicyclic) bond motifs is 1. The number of carboxylic acid groups (broad SMARTS) is 1. The summed E-state index contributed by atoms with van der Waals surface area (Å²) in [4.78, 5) is 43.7. The number of hydrogen-bond donors (Lipinski definition) is 1. The lowest BCUT2D eigenvalue weighted by Crippen LogP contribution is -2.48. The highest BCUT2D eigenvalue weighted by atomic mass is 19.1. The molecule has 1 fully saturated rings. The molecule has 8 nitrogen and oxygen atoms in total. The van der Waals surface area contributed by atoms with Crippen molar-refractivity contribution in [2.45, 2.75) is 83.8 Å². The molecule has 0 aliphatic carbocycles. The number of carboxylic acids is 1. The summed E-state index contributed by atoms with van der Waals surface area (Å²) in [5.41, 5.74) is 2.96. The Morgan fingerprint density at radius 3 is 2.56 bits per heavy atom. The molecule has 1 amide bonds. The molecule has 0 spiro atoms.